The molecular formula is C15H24N2O4. The Morgan fingerprint density at radius 3 is 2.57 bits per heavy atom. The fourth-order valence-corrected chi connectivity index (χ4v) is 1.84. The van der Waals surface area contributed by atoms with Crippen LogP contribution in [0.25, 0.3) is 0 Å². The zero-order chi connectivity index (χ0) is 15.5. The van der Waals surface area contributed by atoms with E-state index in [1.54, 1.807) is 19.2 Å². The minimum atomic E-state index is -0.122. The Labute approximate surface area is 125 Å². The third-order valence-corrected chi connectivity index (χ3v) is 2.84. The SMILES string of the molecule is CCOc1ccc(NC(=O)CN(CCO)CCOC)cc1. The number of methoxy groups -OCH3 is 1. The van der Waals surface area contributed by atoms with Crippen molar-refractivity contribution in [2.75, 3.05) is 51.9 Å². The number of hydrogen-bond acceptors (Lipinski definition) is 5. The number of aliphatic hydroxyl groups is 1. The van der Waals surface area contributed by atoms with Crippen LogP contribution in [0.5, 0.6) is 5.75 Å². The van der Waals surface area contributed by atoms with Gasteiger partial charge in [0.1, 0.15) is 5.75 Å². The lowest BCUT2D eigenvalue weighted by Gasteiger charge is -2.20. The number of ether oxygens (including phenoxy) is 2. The Kier molecular flexibility index (Phi) is 8.42. The van der Waals surface area contributed by atoms with Gasteiger partial charge in [-0.15, -0.1) is 0 Å². The second kappa shape index (κ2) is 10.1. The van der Waals surface area contributed by atoms with E-state index in [-0.39, 0.29) is 19.1 Å². The first-order chi connectivity index (χ1) is 10.2. The monoisotopic (exact) mass is 296 g/mol. The predicted molar refractivity (Wildman–Crippen MR) is 81.6 cm³/mol. The number of rotatable bonds is 10. The highest BCUT2D eigenvalue weighted by Gasteiger charge is 2.10. The number of benzene rings is 1. The van der Waals surface area contributed by atoms with E-state index in [1.807, 2.05) is 24.0 Å². The van der Waals surface area contributed by atoms with Crippen LogP contribution in [-0.2, 0) is 9.53 Å². The molecule has 6 heteroatoms. The summed E-state index contributed by atoms with van der Waals surface area (Å²) < 4.78 is 10.3. The van der Waals surface area contributed by atoms with E-state index >= 15 is 0 Å². The Morgan fingerprint density at radius 1 is 1.29 bits per heavy atom. The average Bonchev–Trinajstić information content (AvgIpc) is 2.47. The van der Waals surface area contributed by atoms with Gasteiger partial charge < -0.3 is 19.9 Å². The summed E-state index contributed by atoms with van der Waals surface area (Å²) in [5.41, 5.74) is 0.721. The maximum absolute atomic E-state index is 12.0. The smallest absolute Gasteiger partial charge is 0.238 e. The molecule has 0 aliphatic rings. The van der Waals surface area contributed by atoms with Crippen LogP contribution in [0.4, 0.5) is 5.69 Å². The largest absolute Gasteiger partial charge is 0.494 e. The molecule has 1 rings (SSSR count). The minimum Gasteiger partial charge on any atom is -0.494 e. The Morgan fingerprint density at radius 2 is 2.00 bits per heavy atom. The van der Waals surface area contributed by atoms with Gasteiger partial charge in [-0.1, -0.05) is 0 Å². The summed E-state index contributed by atoms with van der Waals surface area (Å²) in [5.74, 6) is 0.654. The van der Waals surface area contributed by atoms with Crippen molar-refractivity contribution in [2.45, 2.75) is 6.92 Å². The predicted octanol–water partition coefficient (Wildman–Crippen LogP) is 0.964. The second-order valence-corrected chi connectivity index (χ2v) is 4.50. The van der Waals surface area contributed by atoms with Crippen molar-refractivity contribution >= 4 is 11.6 Å². The number of anilines is 1. The first-order valence-electron chi connectivity index (χ1n) is 7.04. The molecule has 0 aliphatic carbocycles. The highest BCUT2D eigenvalue weighted by atomic mass is 16.5. The molecule has 0 atom stereocenters. The van der Waals surface area contributed by atoms with Gasteiger partial charge in [0.15, 0.2) is 0 Å². The first-order valence-corrected chi connectivity index (χ1v) is 7.04. The van der Waals surface area contributed by atoms with Crippen molar-refractivity contribution in [3.05, 3.63) is 24.3 Å². The van der Waals surface area contributed by atoms with Gasteiger partial charge in [0, 0.05) is 25.9 Å². The van der Waals surface area contributed by atoms with Crippen LogP contribution in [0, 0.1) is 0 Å². The van der Waals surface area contributed by atoms with Gasteiger partial charge in [-0.25, -0.2) is 0 Å². The summed E-state index contributed by atoms with van der Waals surface area (Å²) in [5, 5.41) is 11.8. The zero-order valence-corrected chi connectivity index (χ0v) is 12.7. The van der Waals surface area contributed by atoms with E-state index < -0.39 is 0 Å². The van der Waals surface area contributed by atoms with Crippen molar-refractivity contribution in [1.29, 1.82) is 0 Å². The second-order valence-electron chi connectivity index (χ2n) is 4.50. The maximum Gasteiger partial charge on any atom is 0.238 e. The molecule has 1 aromatic carbocycles. The van der Waals surface area contributed by atoms with E-state index in [1.165, 1.54) is 0 Å². The molecule has 2 N–H and O–H groups in total. The number of carbonyl (C=O) groups is 1. The van der Waals surface area contributed by atoms with E-state index in [0.717, 1.165) is 11.4 Å². The Hall–Kier alpha value is -1.63. The zero-order valence-electron chi connectivity index (χ0n) is 12.7. The van der Waals surface area contributed by atoms with Gasteiger partial charge >= 0.3 is 0 Å². The fraction of sp³-hybridized carbons (Fsp3) is 0.533. The third-order valence-electron chi connectivity index (χ3n) is 2.84. The van der Waals surface area contributed by atoms with Crippen molar-refractivity contribution < 1.29 is 19.4 Å². The Balaban J connectivity index is 2.46. The molecule has 0 saturated heterocycles. The first kappa shape index (κ1) is 17.4. The summed E-state index contributed by atoms with van der Waals surface area (Å²) in [6.45, 7) is 4.34. The topological polar surface area (TPSA) is 71.0 Å². The van der Waals surface area contributed by atoms with Crippen molar-refractivity contribution in [3.8, 4) is 5.75 Å². The van der Waals surface area contributed by atoms with E-state index in [4.69, 9.17) is 14.6 Å². The van der Waals surface area contributed by atoms with Gasteiger partial charge in [0.2, 0.25) is 5.91 Å². The number of nitrogens with one attached hydrogen (secondary N) is 1. The maximum atomic E-state index is 12.0. The molecule has 0 heterocycles. The average molecular weight is 296 g/mol. The van der Waals surface area contributed by atoms with Crippen LogP contribution in [-0.4, -0.2) is 62.5 Å². The van der Waals surface area contributed by atoms with Gasteiger partial charge in [-0.2, -0.15) is 0 Å². The summed E-state index contributed by atoms with van der Waals surface area (Å²) in [4.78, 5) is 13.8. The van der Waals surface area contributed by atoms with Crippen LogP contribution >= 0.6 is 0 Å². The molecule has 0 saturated carbocycles. The highest BCUT2D eigenvalue weighted by molar-refractivity contribution is 5.92. The number of amides is 1. The molecule has 0 aromatic heterocycles. The van der Waals surface area contributed by atoms with E-state index in [0.29, 0.717) is 26.3 Å². The Bertz CT molecular complexity index is 409. The minimum absolute atomic E-state index is 0.0139. The van der Waals surface area contributed by atoms with E-state index in [9.17, 15) is 4.79 Å². The normalized spacial score (nSPS) is 10.7. The lowest BCUT2D eigenvalue weighted by atomic mass is 10.3. The number of hydrogen-bond donors (Lipinski definition) is 2. The molecule has 0 radical (unpaired) electrons. The van der Waals surface area contributed by atoms with Crippen molar-refractivity contribution in [2.24, 2.45) is 0 Å². The summed E-state index contributed by atoms with van der Waals surface area (Å²) in [6.07, 6.45) is 0. The number of carbonyl (C=O) groups excluding carboxylic acids is 1. The molecule has 1 aromatic rings. The molecule has 118 valence electrons. The number of nitrogens with zero attached hydrogens (tertiary/aromatic N) is 1. The van der Waals surface area contributed by atoms with Crippen LogP contribution < -0.4 is 10.1 Å². The molecule has 0 fully saturated rings. The summed E-state index contributed by atoms with van der Waals surface area (Å²) in [7, 11) is 1.61. The highest BCUT2D eigenvalue weighted by Crippen LogP contribution is 2.15. The molecule has 21 heavy (non-hydrogen) atoms. The van der Waals surface area contributed by atoms with Crippen LogP contribution in [0.15, 0.2) is 24.3 Å². The van der Waals surface area contributed by atoms with Crippen LogP contribution in [0.1, 0.15) is 6.92 Å². The molecule has 0 aliphatic heterocycles. The lowest BCUT2D eigenvalue weighted by Crippen LogP contribution is -2.37. The summed E-state index contributed by atoms with van der Waals surface area (Å²) in [6, 6.07) is 7.23. The van der Waals surface area contributed by atoms with Gasteiger partial charge in [0.05, 0.1) is 26.4 Å². The molecule has 6 nitrogen and oxygen atoms in total. The van der Waals surface area contributed by atoms with E-state index in [2.05, 4.69) is 5.32 Å². The third kappa shape index (κ3) is 7.08. The van der Waals surface area contributed by atoms with Gasteiger partial charge in [0.25, 0.3) is 0 Å². The van der Waals surface area contributed by atoms with Crippen LogP contribution in [0.3, 0.4) is 0 Å². The van der Waals surface area contributed by atoms with Gasteiger partial charge in [-0.3, -0.25) is 9.69 Å². The molecule has 0 unspecified atom stereocenters. The molecule has 0 bridgehead atoms. The van der Waals surface area contributed by atoms with Gasteiger partial charge in [-0.05, 0) is 31.2 Å². The standard InChI is InChI=1S/C15H24N2O4/c1-3-21-14-6-4-13(5-7-14)16-15(19)12-17(8-10-18)9-11-20-2/h4-7,18H,3,8-12H2,1-2H3,(H,16,19). The van der Waals surface area contributed by atoms with Crippen molar-refractivity contribution in [3.63, 3.8) is 0 Å². The lowest BCUT2D eigenvalue weighted by molar-refractivity contribution is -0.117. The summed E-state index contributed by atoms with van der Waals surface area (Å²) >= 11 is 0. The molecule has 0 spiro atoms. The fourth-order valence-electron chi connectivity index (χ4n) is 1.84. The van der Waals surface area contributed by atoms with Crippen LogP contribution in [0.2, 0.25) is 0 Å². The number of aliphatic hydroxyl groups excluding tert-OH is 1. The van der Waals surface area contributed by atoms with Crippen molar-refractivity contribution in [1.82, 2.24) is 4.90 Å². The molecule has 1 amide bonds. The quantitative estimate of drug-likeness (QED) is 0.673. The molecular weight excluding hydrogens is 272 g/mol.